The Bertz CT molecular complexity index is 999. The van der Waals surface area contributed by atoms with Gasteiger partial charge in [0.1, 0.15) is 5.82 Å². The molecule has 1 aliphatic heterocycles. The molecule has 162 valence electrons. The van der Waals surface area contributed by atoms with Gasteiger partial charge in [0.2, 0.25) is 0 Å². The van der Waals surface area contributed by atoms with Crippen LogP contribution in [0, 0.1) is 11.7 Å². The number of fused-ring (bicyclic) bond motifs is 1. The molecule has 1 aliphatic carbocycles. The second-order valence-electron chi connectivity index (χ2n) is 8.40. The lowest BCUT2D eigenvalue weighted by molar-refractivity contribution is 0.0599. The summed E-state index contributed by atoms with van der Waals surface area (Å²) in [7, 11) is 3.44. The maximum atomic E-state index is 14.5. The molecule has 1 heterocycles. The van der Waals surface area contributed by atoms with Crippen LogP contribution < -0.4 is 5.32 Å². The zero-order valence-corrected chi connectivity index (χ0v) is 17.7. The Labute approximate surface area is 181 Å². The van der Waals surface area contributed by atoms with Crippen molar-refractivity contribution in [3.63, 3.8) is 0 Å². The van der Waals surface area contributed by atoms with Crippen LogP contribution in [-0.2, 0) is 6.42 Å². The van der Waals surface area contributed by atoms with Crippen LogP contribution in [-0.4, -0.2) is 60.7 Å². The zero-order valence-electron chi connectivity index (χ0n) is 17.7. The molecule has 2 aliphatic rings. The van der Waals surface area contributed by atoms with Crippen molar-refractivity contribution in [1.82, 2.24) is 15.1 Å². The van der Waals surface area contributed by atoms with E-state index in [9.17, 15) is 18.8 Å². The lowest BCUT2D eigenvalue weighted by Crippen LogP contribution is -2.46. The number of imide groups is 1. The van der Waals surface area contributed by atoms with Crippen molar-refractivity contribution in [2.45, 2.75) is 25.3 Å². The topological polar surface area (TPSA) is 69.7 Å². The number of halogens is 1. The van der Waals surface area contributed by atoms with E-state index in [0.29, 0.717) is 23.5 Å². The molecule has 0 aromatic heterocycles. The van der Waals surface area contributed by atoms with Crippen LogP contribution in [0.5, 0.6) is 0 Å². The highest BCUT2D eigenvalue weighted by Gasteiger charge is 2.37. The van der Waals surface area contributed by atoms with Crippen molar-refractivity contribution in [2.75, 3.05) is 27.2 Å². The minimum atomic E-state index is -0.582. The fraction of sp³-hybridized carbons (Fsp3) is 0.375. The van der Waals surface area contributed by atoms with Crippen molar-refractivity contribution in [3.05, 3.63) is 70.5 Å². The first-order valence-electron chi connectivity index (χ1n) is 10.5. The van der Waals surface area contributed by atoms with Crippen LogP contribution in [0.15, 0.2) is 42.5 Å². The molecule has 4 rings (SSSR count). The predicted molar refractivity (Wildman–Crippen MR) is 114 cm³/mol. The molecule has 0 radical (unpaired) electrons. The third-order valence-corrected chi connectivity index (χ3v) is 6.11. The smallest absolute Gasteiger partial charge is 0.261 e. The van der Waals surface area contributed by atoms with E-state index in [-0.39, 0.29) is 30.0 Å². The van der Waals surface area contributed by atoms with E-state index in [2.05, 4.69) is 10.2 Å². The zero-order chi connectivity index (χ0) is 22.1. The van der Waals surface area contributed by atoms with Gasteiger partial charge in [0, 0.05) is 26.2 Å². The average molecular weight is 423 g/mol. The molecule has 6 nitrogen and oxygen atoms in total. The SMILES string of the molecule is CNC(=O)c1ccc(C[C@@H](CN2C(=O)c3ccccc3C2=O)N(C)CC2CC2)cc1F. The van der Waals surface area contributed by atoms with Crippen LogP contribution in [0.25, 0.3) is 0 Å². The number of likely N-dealkylation sites (N-methyl/N-ethyl adjacent to an activating group) is 1. The average Bonchev–Trinajstić information content (AvgIpc) is 3.55. The Balaban J connectivity index is 1.55. The number of carbonyl (C=O) groups excluding carboxylic acids is 3. The van der Waals surface area contributed by atoms with E-state index in [1.807, 2.05) is 7.05 Å². The van der Waals surface area contributed by atoms with Gasteiger partial charge in [-0.25, -0.2) is 4.39 Å². The molecule has 0 saturated heterocycles. The number of carbonyl (C=O) groups is 3. The summed E-state index contributed by atoms with van der Waals surface area (Å²) in [4.78, 5) is 40.9. The van der Waals surface area contributed by atoms with Gasteiger partial charge in [0.25, 0.3) is 17.7 Å². The lowest BCUT2D eigenvalue weighted by Gasteiger charge is -2.31. The summed E-state index contributed by atoms with van der Waals surface area (Å²) < 4.78 is 14.5. The Kier molecular flexibility index (Phi) is 5.87. The molecule has 1 fully saturated rings. The molecular formula is C24H26FN3O3. The predicted octanol–water partition coefficient (Wildman–Crippen LogP) is 2.73. The molecule has 1 atom stereocenters. The Morgan fingerprint density at radius 1 is 1.16 bits per heavy atom. The van der Waals surface area contributed by atoms with Crippen molar-refractivity contribution >= 4 is 17.7 Å². The van der Waals surface area contributed by atoms with Crippen LogP contribution in [0.3, 0.4) is 0 Å². The highest BCUT2D eigenvalue weighted by molar-refractivity contribution is 6.21. The van der Waals surface area contributed by atoms with Gasteiger partial charge in [-0.05, 0) is 62.1 Å². The number of benzene rings is 2. The molecule has 7 heteroatoms. The summed E-state index contributed by atoms with van der Waals surface area (Å²) in [5.74, 6) is -1.00. The van der Waals surface area contributed by atoms with Crippen LogP contribution in [0.1, 0.15) is 49.5 Å². The summed E-state index contributed by atoms with van der Waals surface area (Å²) in [5.41, 5.74) is 1.57. The number of nitrogens with one attached hydrogen (secondary N) is 1. The maximum absolute atomic E-state index is 14.5. The third-order valence-electron chi connectivity index (χ3n) is 6.11. The second-order valence-corrected chi connectivity index (χ2v) is 8.40. The Morgan fingerprint density at radius 3 is 2.35 bits per heavy atom. The standard InChI is InChI=1S/C24H26FN3O3/c1-26-22(29)20-10-9-16(12-21(20)25)11-17(27(2)13-15-7-8-15)14-28-23(30)18-5-3-4-6-19(18)24(28)31/h3-6,9-10,12,15,17H,7-8,11,13-14H2,1-2H3,(H,26,29)/t17-/m0/s1. The van der Waals surface area contributed by atoms with E-state index in [1.54, 1.807) is 30.3 Å². The Morgan fingerprint density at radius 2 is 1.81 bits per heavy atom. The summed E-state index contributed by atoms with van der Waals surface area (Å²) in [6.45, 7) is 1.10. The normalized spacial score (nSPS) is 16.6. The lowest BCUT2D eigenvalue weighted by atomic mass is 10.0. The molecule has 2 aromatic rings. The fourth-order valence-corrected chi connectivity index (χ4v) is 4.11. The monoisotopic (exact) mass is 423 g/mol. The quantitative estimate of drug-likeness (QED) is 0.663. The molecule has 0 spiro atoms. The Hall–Kier alpha value is -3.06. The van der Waals surface area contributed by atoms with Gasteiger partial charge in [-0.3, -0.25) is 19.3 Å². The number of hydrogen-bond acceptors (Lipinski definition) is 4. The second kappa shape index (κ2) is 8.59. The molecule has 1 N–H and O–H groups in total. The van der Waals surface area contributed by atoms with E-state index in [4.69, 9.17) is 0 Å². The molecule has 1 saturated carbocycles. The molecule has 0 bridgehead atoms. The number of rotatable bonds is 8. The van der Waals surface area contributed by atoms with Gasteiger partial charge >= 0.3 is 0 Å². The molecule has 31 heavy (non-hydrogen) atoms. The number of nitrogens with zero attached hydrogens (tertiary/aromatic N) is 2. The van der Waals surface area contributed by atoms with Crippen molar-refractivity contribution < 1.29 is 18.8 Å². The minimum absolute atomic E-state index is 0.00511. The molecule has 3 amide bonds. The molecular weight excluding hydrogens is 397 g/mol. The van der Waals surface area contributed by atoms with Crippen LogP contribution in [0.4, 0.5) is 4.39 Å². The summed E-state index contributed by atoms with van der Waals surface area (Å²) in [6.07, 6.45) is 2.82. The van der Waals surface area contributed by atoms with E-state index < -0.39 is 11.7 Å². The fourth-order valence-electron chi connectivity index (χ4n) is 4.11. The van der Waals surface area contributed by atoms with E-state index in [0.717, 1.165) is 12.1 Å². The van der Waals surface area contributed by atoms with Crippen LogP contribution in [0.2, 0.25) is 0 Å². The third kappa shape index (κ3) is 4.37. The van der Waals surface area contributed by atoms with Gasteiger partial charge in [0.05, 0.1) is 16.7 Å². The molecule has 2 aromatic carbocycles. The summed E-state index contributed by atoms with van der Waals surface area (Å²) >= 11 is 0. The maximum Gasteiger partial charge on any atom is 0.261 e. The number of amides is 3. The minimum Gasteiger partial charge on any atom is -0.355 e. The first kappa shape index (κ1) is 21.2. The van der Waals surface area contributed by atoms with Crippen molar-refractivity contribution in [1.29, 1.82) is 0 Å². The summed E-state index contributed by atoms with van der Waals surface area (Å²) in [5, 5.41) is 2.43. The highest BCUT2D eigenvalue weighted by Crippen LogP contribution is 2.31. The van der Waals surface area contributed by atoms with Gasteiger partial charge in [-0.15, -0.1) is 0 Å². The largest absolute Gasteiger partial charge is 0.355 e. The highest BCUT2D eigenvalue weighted by atomic mass is 19.1. The number of hydrogen-bond donors (Lipinski definition) is 1. The van der Waals surface area contributed by atoms with Crippen molar-refractivity contribution in [3.8, 4) is 0 Å². The first-order valence-corrected chi connectivity index (χ1v) is 10.5. The summed E-state index contributed by atoms with van der Waals surface area (Å²) in [6, 6.07) is 11.3. The van der Waals surface area contributed by atoms with Gasteiger partial charge in [0.15, 0.2) is 0 Å². The van der Waals surface area contributed by atoms with E-state index >= 15 is 0 Å². The van der Waals surface area contributed by atoms with E-state index in [1.165, 1.54) is 36.9 Å². The van der Waals surface area contributed by atoms with Crippen molar-refractivity contribution in [2.24, 2.45) is 5.92 Å². The van der Waals surface area contributed by atoms with Gasteiger partial charge in [-0.1, -0.05) is 18.2 Å². The van der Waals surface area contributed by atoms with Crippen LogP contribution >= 0.6 is 0 Å². The molecule has 0 unspecified atom stereocenters. The first-order chi connectivity index (χ1) is 14.9. The van der Waals surface area contributed by atoms with Gasteiger partial charge < -0.3 is 10.2 Å². The van der Waals surface area contributed by atoms with Gasteiger partial charge in [-0.2, -0.15) is 0 Å².